The highest BCUT2D eigenvalue weighted by molar-refractivity contribution is 4.84. The van der Waals surface area contributed by atoms with E-state index in [1.165, 1.54) is 19.6 Å². The molecule has 2 heterocycles. The highest BCUT2D eigenvalue weighted by atomic mass is 16.3. The van der Waals surface area contributed by atoms with Crippen LogP contribution in [-0.4, -0.2) is 48.3 Å². The Morgan fingerprint density at radius 1 is 1.46 bits per heavy atom. The summed E-state index contributed by atoms with van der Waals surface area (Å²) in [5, 5.41) is 12.8. The summed E-state index contributed by atoms with van der Waals surface area (Å²) in [6.45, 7) is 6.91. The van der Waals surface area contributed by atoms with Crippen molar-refractivity contribution in [2.75, 3.05) is 26.2 Å². The van der Waals surface area contributed by atoms with Crippen LogP contribution in [0.4, 0.5) is 0 Å². The minimum atomic E-state index is -0.0502. The van der Waals surface area contributed by atoms with Crippen LogP contribution in [0.5, 0.6) is 0 Å². The monoisotopic (exact) mass is 184 g/mol. The molecule has 0 bridgehead atoms. The first-order valence-corrected chi connectivity index (χ1v) is 5.38. The molecule has 2 rings (SSSR count). The standard InChI is InChI=1S/C10H20N2O/c1-8-4-10(13)2-3-12(8)7-9-5-11-6-9/h8-11,13H,2-7H2,1H3. The molecular weight excluding hydrogens is 164 g/mol. The van der Waals surface area contributed by atoms with Gasteiger partial charge in [-0.1, -0.05) is 0 Å². The fourth-order valence-corrected chi connectivity index (χ4v) is 2.28. The van der Waals surface area contributed by atoms with Crippen LogP contribution in [0.2, 0.25) is 0 Å². The van der Waals surface area contributed by atoms with Gasteiger partial charge in [0.15, 0.2) is 0 Å². The van der Waals surface area contributed by atoms with Gasteiger partial charge in [0.05, 0.1) is 6.10 Å². The number of aliphatic hydroxyl groups excluding tert-OH is 1. The molecule has 76 valence electrons. The third kappa shape index (κ3) is 2.22. The van der Waals surface area contributed by atoms with E-state index in [0.29, 0.717) is 6.04 Å². The number of aliphatic hydroxyl groups is 1. The average molecular weight is 184 g/mol. The van der Waals surface area contributed by atoms with Crippen LogP contribution in [0.3, 0.4) is 0 Å². The smallest absolute Gasteiger partial charge is 0.0567 e. The highest BCUT2D eigenvalue weighted by Gasteiger charge is 2.27. The van der Waals surface area contributed by atoms with E-state index in [0.717, 1.165) is 25.3 Å². The quantitative estimate of drug-likeness (QED) is 0.636. The Hall–Kier alpha value is -0.120. The molecule has 2 N–H and O–H groups in total. The van der Waals surface area contributed by atoms with E-state index in [1.54, 1.807) is 0 Å². The Balaban J connectivity index is 1.77. The van der Waals surface area contributed by atoms with Crippen molar-refractivity contribution in [3.05, 3.63) is 0 Å². The molecule has 3 nitrogen and oxygen atoms in total. The van der Waals surface area contributed by atoms with Crippen molar-refractivity contribution in [1.29, 1.82) is 0 Å². The molecule has 2 aliphatic heterocycles. The maximum Gasteiger partial charge on any atom is 0.0567 e. The zero-order valence-corrected chi connectivity index (χ0v) is 8.37. The van der Waals surface area contributed by atoms with Crippen LogP contribution in [0, 0.1) is 5.92 Å². The topological polar surface area (TPSA) is 35.5 Å². The second-order valence-electron chi connectivity index (χ2n) is 4.55. The molecule has 13 heavy (non-hydrogen) atoms. The van der Waals surface area contributed by atoms with Crippen LogP contribution in [0.25, 0.3) is 0 Å². The summed E-state index contributed by atoms with van der Waals surface area (Å²) in [5.74, 6) is 0.859. The van der Waals surface area contributed by atoms with Crippen LogP contribution in [0.1, 0.15) is 19.8 Å². The highest BCUT2D eigenvalue weighted by Crippen LogP contribution is 2.19. The molecule has 2 fully saturated rings. The predicted molar refractivity (Wildman–Crippen MR) is 52.6 cm³/mol. The van der Waals surface area contributed by atoms with Crippen LogP contribution >= 0.6 is 0 Å². The van der Waals surface area contributed by atoms with Gasteiger partial charge in [0.25, 0.3) is 0 Å². The van der Waals surface area contributed by atoms with Gasteiger partial charge in [-0.25, -0.2) is 0 Å². The molecule has 0 radical (unpaired) electrons. The molecule has 0 spiro atoms. The molecule has 0 aromatic carbocycles. The Kier molecular flexibility index (Phi) is 2.86. The molecule has 2 saturated heterocycles. The van der Waals surface area contributed by atoms with Crippen molar-refractivity contribution < 1.29 is 5.11 Å². The second-order valence-corrected chi connectivity index (χ2v) is 4.55. The van der Waals surface area contributed by atoms with Gasteiger partial charge in [-0.15, -0.1) is 0 Å². The number of rotatable bonds is 2. The Morgan fingerprint density at radius 2 is 2.23 bits per heavy atom. The normalized spacial score (nSPS) is 37.4. The van der Waals surface area contributed by atoms with Crippen LogP contribution in [0.15, 0.2) is 0 Å². The first kappa shape index (κ1) is 9.44. The summed E-state index contributed by atoms with van der Waals surface area (Å²) >= 11 is 0. The maximum absolute atomic E-state index is 9.46. The lowest BCUT2D eigenvalue weighted by molar-refractivity contribution is 0.0350. The molecule has 0 aromatic heterocycles. The van der Waals surface area contributed by atoms with Gasteiger partial charge in [0.2, 0.25) is 0 Å². The van der Waals surface area contributed by atoms with E-state index >= 15 is 0 Å². The van der Waals surface area contributed by atoms with E-state index in [9.17, 15) is 5.11 Å². The lowest BCUT2D eigenvalue weighted by Gasteiger charge is -2.40. The third-order valence-electron chi connectivity index (χ3n) is 3.34. The number of hydrogen-bond acceptors (Lipinski definition) is 3. The van der Waals surface area contributed by atoms with E-state index in [4.69, 9.17) is 0 Å². The van der Waals surface area contributed by atoms with Gasteiger partial charge in [-0.2, -0.15) is 0 Å². The Labute approximate surface area is 80.1 Å². The van der Waals surface area contributed by atoms with Crippen LogP contribution < -0.4 is 5.32 Å². The zero-order chi connectivity index (χ0) is 9.26. The summed E-state index contributed by atoms with van der Waals surface area (Å²) in [6, 6.07) is 0.573. The summed E-state index contributed by atoms with van der Waals surface area (Å²) in [6.07, 6.45) is 1.87. The molecule has 2 unspecified atom stereocenters. The van der Waals surface area contributed by atoms with E-state index in [2.05, 4.69) is 17.1 Å². The van der Waals surface area contributed by atoms with Gasteiger partial charge in [-0.05, 0) is 25.7 Å². The molecular formula is C10H20N2O. The largest absolute Gasteiger partial charge is 0.393 e. The van der Waals surface area contributed by atoms with Crippen molar-refractivity contribution >= 4 is 0 Å². The van der Waals surface area contributed by atoms with Crippen molar-refractivity contribution in [3.8, 4) is 0 Å². The van der Waals surface area contributed by atoms with Crippen molar-refractivity contribution in [2.45, 2.75) is 31.9 Å². The van der Waals surface area contributed by atoms with Gasteiger partial charge in [0.1, 0.15) is 0 Å². The van der Waals surface area contributed by atoms with Gasteiger partial charge >= 0.3 is 0 Å². The fraction of sp³-hybridized carbons (Fsp3) is 1.00. The molecule has 0 saturated carbocycles. The molecule has 0 amide bonds. The molecule has 0 aromatic rings. The zero-order valence-electron chi connectivity index (χ0n) is 8.37. The van der Waals surface area contributed by atoms with Gasteiger partial charge < -0.3 is 15.3 Å². The van der Waals surface area contributed by atoms with Crippen molar-refractivity contribution in [2.24, 2.45) is 5.92 Å². The van der Waals surface area contributed by atoms with E-state index < -0.39 is 0 Å². The lowest BCUT2D eigenvalue weighted by atomic mass is 9.96. The number of nitrogens with zero attached hydrogens (tertiary/aromatic N) is 1. The summed E-state index contributed by atoms with van der Waals surface area (Å²) in [4.78, 5) is 2.53. The predicted octanol–water partition coefficient (Wildman–Crippen LogP) is 0.0510. The summed E-state index contributed by atoms with van der Waals surface area (Å²) in [7, 11) is 0. The number of hydrogen-bond donors (Lipinski definition) is 2. The molecule has 2 aliphatic rings. The Morgan fingerprint density at radius 3 is 2.77 bits per heavy atom. The summed E-state index contributed by atoms with van der Waals surface area (Å²) in [5.41, 5.74) is 0. The maximum atomic E-state index is 9.46. The van der Waals surface area contributed by atoms with Crippen molar-refractivity contribution in [1.82, 2.24) is 10.2 Å². The van der Waals surface area contributed by atoms with Crippen molar-refractivity contribution in [3.63, 3.8) is 0 Å². The SMILES string of the molecule is CC1CC(O)CCN1CC1CNC1. The first-order valence-electron chi connectivity index (χ1n) is 5.38. The Bertz CT molecular complexity index is 170. The fourth-order valence-electron chi connectivity index (χ4n) is 2.28. The number of nitrogens with one attached hydrogen (secondary N) is 1. The first-order chi connectivity index (χ1) is 6.25. The number of piperidine rings is 1. The molecule has 3 heteroatoms. The van der Waals surface area contributed by atoms with Crippen LogP contribution in [-0.2, 0) is 0 Å². The molecule has 0 aliphatic carbocycles. The van der Waals surface area contributed by atoms with Gasteiger partial charge in [0, 0.05) is 32.2 Å². The minimum absolute atomic E-state index is 0.0502. The molecule has 2 atom stereocenters. The summed E-state index contributed by atoms with van der Waals surface area (Å²) < 4.78 is 0. The van der Waals surface area contributed by atoms with E-state index in [-0.39, 0.29) is 6.10 Å². The average Bonchev–Trinajstić information content (AvgIpc) is 1.99. The minimum Gasteiger partial charge on any atom is -0.393 e. The third-order valence-corrected chi connectivity index (χ3v) is 3.34. The van der Waals surface area contributed by atoms with E-state index in [1.807, 2.05) is 0 Å². The number of likely N-dealkylation sites (tertiary alicyclic amines) is 1. The second kappa shape index (κ2) is 3.95. The van der Waals surface area contributed by atoms with Gasteiger partial charge in [-0.3, -0.25) is 0 Å². The lowest BCUT2D eigenvalue weighted by Crippen LogP contribution is -2.52.